The van der Waals surface area contributed by atoms with E-state index in [1.54, 1.807) is 12.3 Å². The molecule has 0 radical (unpaired) electrons. The Hall–Kier alpha value is -2.18. The fraction of sp³-hybridized carbons (Fsp3) is 0.400. The molecule has 0 bridgehead atoms. The smallest absolute Gasteiger partial charge is 0.253 e. The van der Waals surface area contributed by atoms with Gasteiger partial charge in [0.1, 0.15) is 11.4 Å². The van der Waals surface area contributed by atoms with Crippen LogP contribution in [0.15, 0.2) is 42.4 Å². The molecule has 0 unspecified atom stereocenters. The lowest BCUT2D eigenvalue weighted by Crippen LogP contribution is -2.46. The fourth-order valence-electron chi connectivity index (χ4n) is 3.80. The second kappa shape index (κ2) is 7.21. The first kappa shape index (κ1) is 17.2. The second-order valence-corrected chi connectivity index (χ2v) is 7.67. The van der Waals surface area contributed by atoms with Crippen molar-refractivity contribution in [3.63, 3.8) is 0 Å². The number of anilines is 1. The topological polar surface area (TPSA) is 54.5 Å². The zero-order valence-electron chi connectivity index (χ0n) is 14.7. The summed E-state index contributed by atoms with van der Waals surface area (Å²) < 4.78 is 6.27. The molecule has 6 heteroatoms. The van der Waals surface area contributed by atoms with E-state index in [1.165, 1.54) is 10.4 Å². The predicted octanol–water partition coefficient (Wildman–Crippen LogP) is 3.13. The van der Waals surface area contributed by atoms with Crippen molar-refractivity contribution in [3.8, 4) is 0 Å². The van der Waals surface area contributed by atoms with E-state index in [1.807, 2.05) is 23.5 Å². The summed E-state index contributed by atoms with van der Waals surface area (Å²) in [5, 5.41) is 4.95. The Bertz CT molecular complexity index is 792. The van der Waals surface area contributed by atoms with Crippen LogP contribution in [-0.2, 0) is 16.8 Å². The maximum atomic E-state index is 12.0. The van der Waals surface area contributed by atoms with Gasteiger partial charge in [-0.3, -0.25) is 4.79 Å². The van der Waals surface area contributed by atoms with Crippen molar-refractivity contribution >= 4 is 23.1 Å². The molecular weight excluding hydrogens is 346 g/mol. The van der Waals surface area contributed by atoms with Crippen LogP contribution in [0.4, 0.5) is 5.82 Å². The van der Waals surface area contributed by atoms with E-state index in [0.29, 0.717) is 12.1 Å². The molecule has 2 aromatic heterocycles. The summed E-state index contributed by atoms with van der Waals surface area (Å²) in [5.41, 5.74) is 1.92. The molecule has 1 saturated heterocycles. The van der Waals surface area contributed by atoms with E-state index in [4.69, 9.17) is 4.74 Å². The Kier molecular flexibility index (Phi) is 4.78. The molecule has 0 aromatic carbocycles. The molecule has 1 amide bonds. The zero-order valence-corrected chi connectivity index (χ0v) is 15.6. The number of rotatable bonds is 4. The third-order valence-electron chi connectivity index (χ3n) is 5.22. The molecule has 136 valence electrons. The highest BCUT2D eigenvalue weighted by molar-refractivity contribution is 7.10. The number of carbonyl (C=O) groups is 1. The fourth-order valence-corrected chi connectivity index (χ4v) is 4.96. The van der Waals surface area contributed by atoms with Crippen LogP contribution >= 0.6 is 11.3 Å². The first-order chi connectivity index (χ1) is 12.7. The molecule has 4 rings (SSSR count). The minimum absolute atomic E-state index is 0.108. The predicted molar refractivity (Wildman–Crippen MR) is 104 cm³/mol. The van der Waals surface area contributed by atoms with Crippen molar-refractivity contribution in [1.29, 1.82) is 0 Å². The lowest BCUT2D eigenvalue weighted by molar-refractivity contribution is -0.0735. The number of piperidine rings is 1. The highest BCUT2D eigenvalue weighted by atomic mass is 32.1. The van der Waals surface area contributed by atoms with Crippen LogP contribution in [0.3, 0.4) is 0 Å². The Morgan fingerprint density at radius 1 is 1.38 bits per heavy atom. The maximum Gasteiger partial charge on any atom is 0.253 e. The van der Waals surface area contributed by atoms with E-state index in [-0.39, 0.29) is 11.5 Å². The zero-order chi connectivity index (χ0) is 18.0. The van der Waals surface area contributed by atoms with E-state index in [2.05, 4.69) is 33.2 Å². The van der Waals surface area contributed by atoms with Gasteiger partial charge >= 0.3 is 0 Å². The highest BCUT2D eigenvalue weighted by Crippen LogP contribution is 2.44. The van der Waals surface area contributed by atoms with Gasteiger partial charge in [0, 0.05) is 30.7 Å². The van der Waals surface area contributed by atoms with Gasteiger partial charge in [0.25, 0.3) is 5.91 Å². The second-order valence-electron chi connectivity index (χ2n) is 6.76. The summed E-state index contributed by atoms with van der Waals surface area (Å²) in [4.78, 5) is 20.2. The number of aromatic nitrogens is 1. The molecule has 0 aliphatic carbocycles. The lowest BCUT2D eigenvalue weighted by Gasteiger charge is -2.44. The van der Waals surface area contributed by atoms with Crippen molar-refractivity contribution in [2.24, 2.45) is 0 Å². The number of hydrogen-bond donors (Lipinski definition) is 1. The molecule has 5 nitrogen and oxygen atoms in total. The molecular formula is C20H23N3O2S. The third-order valence-corrected chi connectivity index (χ3v) is 6.36. The van der Waals surface area contributed by atoms with Crippen molar-refractivity contribution in [2.45, 2.75) is 24.9 Å². The van der Waals surface area contributed by atoms with Crippen molar-refractivity contribution in [1.82, 2.24) is 10.3 Å². The molecule has 4 heterocycles. The van der Waals surface area contributed by atoms with E-state index < -0.39 is 0 Å². The van der Waals surface area contributed by atoms with Gasteiger partial charge in [-0.05, 0) is 48.4 Å². The van der Waals surface area contributed by atoms with E-state index >= 15 is 0 Å². The van der Waals surface area contributed by atoms with Crippen molar-refractivity contribution in [3.05, 3.63) is 58.4 Å². The third kappa shape index (κ3) is 3.15. The van der Waals surface area contributed by atoms with Gasteiger partial charge < -0.3 is 15.0 Å². The van der Waals surface area contributed by atoms with E-state index in [9.17, 15) is 4.79 Å². The number of amides is 1. The van der Waals surface area contributed by atoms with Crippen molar-refractivity contribution in [2.75, 3.05) is 31.1 Å². The van der Waals surface area contributed by atoms with Crippen molar-refractivity contribution < 1.29 is 9.53 Å². The Balaban J connectivity index is 1.43. The average molecular weight is 369 g/mol. The average Bonchev–Trinajstić information content (AvgIpc) is 3.17. The van der Waals surface area contributed by atoms with Gasteiger partial charge in [-0.25, -0.2) is 4.98 Å². The molecule has 1 fully saturated rings. The van der Waals surface area contributed by atoms with Crippen LogP contribution in [0.2, 0.25) is 0 Å². The number of fused-ring (bicyclic) bond motifs is 2. The summed E-state index contributed by atoms with van der Waals surface area (Å²) in [5.74, 6) is 0.796. The van der Waals surface area contributed by atoms with Gasteiger partial charge in [-0.15, -0.1) is 17.9 Å². The molecule has 0 saturated carbocycles. The van der Waals surface area contributed by atoms with Gasteiger partial charge in [-0.1, -0.05) is 6.08 Å². The van der Waals surface area contributed by atoms with Gasteiger partial charge in [0.2, 0.25) is 0 Å². The summed E-state index contributed by atoms with van der Waals surface area (Å²) in [6, 6.07) is 6.01. The number of ether oxygens (including phenoxy) is 1. The molecule has 1 spiro atoms. The Morgan fingerprint density at radius 3 is 2.96 bits per heavy atom. The van der Waals surface area contributed by atoms with Crippen LogP contribution < -0.4 is 10.2 Å². The standard InChI is InChI=1S/C20H23N3O2S/c1-2-9-21-19(24)16-3-4-17(22-14-16)23-10-7-20(8-11-23)18-15(5-12-25-20)6-13-26-18/h2-4,6,13-14H,1,5,7-12H2,(H,21,24). The number of nitrogens with zero attached hydrogens (tertiary/aromatic N) is 2. The first-order valence-corrected chi connectivity index (χ1v) is 9.91. The molecule has 2 aliphatic heterocycles. The van der Waals surface area contributed by atoms with Crippen LogP contribution in [0.1, 0.15) is 33.6 Å². The Labute approximate surface area is 157 Å². The molecule has 0 atom stereocenters. The maximum absolute atomic E-state index is 12.0. The minimum atomic E-state index is -0.123. The normalized spacial score (nSPS) is 18.4. The monoisotopic (exact) mass is 369 g/mol. The van der Waals surface area contributed by atoms with Crippen LogP contribution in [0, 0.1) is 0 Å². The number of thiophene rings is 1. The summed E-state index contributed by atoms with van der Waals surface area (Å²) in [6.07, 6.45) is 6.29. The number of nitrogens with one attached hydrogen (secondary N) is 1. The summed E-state index contributed by atoms with van der Waals surface area (Å²) in [6.45, 7) is 6.69. The largest absolute Gasteiger partial charge is 0.369 e. The SMILES string of the molecule is C=CCNC(=O)c1ccc(N2CCC3(CC2)OCCc2ccsc23)nc1. The molecule has 2 aliphatic rings. The molecule has 2 aromatic rings. The van der Waals surface area contributed by atoms with Crippen LogP contribution in [0.25, 0.3) is 0 Å². The summed E-state index contributed by atoms with van der Waals surface area (Å²) >= 11 is 1.83. The number of hydrogen-bond acceptors (Lipinski definition) is 5. The van der Waals surface area contributed by atoms with Gasteiger partial charge in [0.05, 0.1) is 12.2 Å². The Morgan fingerprint density at radius 2 is 2.23 bits per heavy atom. The van der Waals surface area contributed by atoms with Gasteiger partial charge in [-0.2, -0.15) is 0 Å². The highest BCUT2D eigenvalue weighted by Gasteiger charge is 2.41. The lowest BCUT2D eigenvalue weighted by atomic mass is 9.85. The number of pyridine rings is 1. The number of carbonyl (C=O) groups excluding carboxylic acids is 1. The molecule has 1 N–H and O–H groups in total. The molecule has 26 heavy (non-hydrogen) atoms. The van der Waals surface area contributed by atoms with Crippen LogP contribution in [0.5, 0.6) is 0 Å². The first-order valence-electron chi connectivity index (χ1n) is 9.03. The van der Waals surface area contributed by atoms with Crippen LogP contribution in [-0.4, -0.2) is 37.1 Å². The van der Waals surface area contributed by atoms with E-state index in [0.717, 1.165) is 44.8 Å². The van der Waals surface area contributed by atoms with Gasteiger partial charge in [0.15, 0.2) is 0 Å². The minimum Gasteiger partial charge on any atom is -0.369 e. The quantitative estimate of drug-likeness (QED) is 0.842. The summed E-state index contributed by atoms with van der Waals surface area (Å²) in [7, 11) is 0.